The van der Waals surface area contributed by atoms with Crippen molar-refractivity contribution in [3.05, 3.63) is 23.9 Å². The second-order valence-corrected chi connectivity index (χ2v) is 10.4. The van der Waals surface area contributed by atoms with E-state index in [1.165, 1.54) is 24.4 Å². The van der Waals surface area contributed by atoms with E-state index >= 15 is 0 Å². The number of carbonyl (C=O) groups is 1. The first-order valence-corrected chi connectivity index (χ1v) is 11.3. The fourth-order valence-electron chi connectivity index (χ4n) is 4.61. The molecule has 0 spiro atoms. The Morgan fingerprint density at radius 1 is 1.21 bits per heavy atom. The zero-order valence-corrected chi connectivity index (χ0v) is 18.3. The van der Waals surface area contributed by atoms with Gasteiger partial charge in [-0.2, -0.15) is 4.37 Å². The van der Waals surface area contributed by atoms with Gasteiger partial charge in [0, 0.05) is 18.0 Å². The lowest BCUT2D eigenvalue weighted by atomic mass is 9.78. The Bertz CT molecular complexity index is 936. The van der Waals surface area contributed by atoms with Gasteiger partial charge in [0.05, 0.1) is 15.9 Å². The minimum atomic E-state index is -0.443. The Morgan fingerprint density at radius 3 is 2.52 bits per heavy atom. The van der Waals surface area contributed by atoms with Crippen molar-refractivity contribution < 1.29 is 14.1 Å². The standard InChI is InChI=1S/C21H28BN3O3S/c1-20(2)21(3,4)28-22(27-20)14-5-6-17-15(11-14)18(24-29-17)19(26)23-16-12-25-9-7-13(16)8-10-25/h5-6,11,13,16H,7-10,12H2,1-4H3,(H,23,26)/t16-/m1/s1. The molecule has 6 nitrogen and oxygen atoms in total. The maximum absolute atomic E-state index is 13.1. The molecule has 4 aliphatic heterocycles. The molecule has 4 aliphatic rings. The van der Waals surface area contributed by atoms with Crippen LogP contribution in [0.1, 0.15) is 51.0 Å². The Hall–Kier alpha value is -1.48. The summed E-state index contributed by atoms with van der Waals surface area (Å²) in [5, 5.41) is 4.14. The summed E-state index contributed by atoms with van der Waals surface area (Å²) in [6, 6.07) is 6.26. The van der Waals surface area contributed by atoms with Gasteiger partial charge in [-0.3, -0.25) is 4.79 Å². The van der Waals surface area contributed by atoms with Crippen molar-refractivity contribution in [3.8, 4) is 0 Å². The monoisotopic (exact) mass is 413 g/mol. The van der Waals surface area contributed by atoms with Gasteiger partial charge in [0.15, 0.2) is 0 Å². The molecule has 1 atom stereocenters. The van der Waals surface area contributed by atoms with Crippen LogP contribution in [0.3, 0.4) is 0 Å². The number of amides is 1. The van der Waals surface area contributed by atoms with E-state index < -0.39 is 18.3 Å². The smallest absolute Gasteiger partial charge is 0.399 e. The topological polar surface area (TPSA) is 63.7 Å². The van der Waals surface area contributed by atoms with Crippen LogP contribution in [0.15, 0.2) is 18.2 Å². The minimum absolute atomic E-state index is 0.0685. The molecule has 1 aromatic carbocycles. The lowest BCUT2D eigenvalue weighted by Crippen LogP contribution is -2.57. The third kappa shape index (κ3) is 3.30. The van der Waals surface area contributed by atoms with Crippen molar-refractivity contribution in [2.24, 2.45) is 5.92 Å². The molecule has 2 aromatic rings. The molecule has 8 heteroatoms. The predicted octanol–water partition coefficient (Wildman–Crippen LogP) is 2.42. The second kappa shape index (κ2) is 6.77. The fraction of sp³-hybridized carbons (Fsp3) is 0.619. The number of aromatic nitrogens is 1. The van der Waals surface area contributed by atoms with Crippen molar-refractivity contribution in [1.29, 1.82) is 0 Å². The number of hydrogen-bond acceptors (Lipinski definition) is 6. The van der Waals surface area contributed by atoms with Crippen LogP contribution in [0.4, 0.5) is 0 Å². The first kappa shape index (κ1) is 19.5. The van der Waals surface area contributed by atoms with Gasteiger partial charge in [0.25, 0.3) is 5.91 Å². The maximum Gasteiger partial charge on any atom is 0.494 e. The van der Waals surface area contributed by atoms with E-state index in [2.05, 4.69) is 14.6 Å². The zero-order valence-electron chi connectivity index (χ0n) is 17.5. The molecule has 6 rings (SSSR count). The number of nitrogens with zero attached hydrogens (tertiary/aromatic N) is 2. The molecule has 0 saturated carbocycles. The highest BCUT2D eigenvalue weighted by atomic mass is 32.1. The van der Waals surface area contributed by atoms with Crippen molar-refractivity contribution in [3.63, 3.8) is 0 Å². The summed E-state index contributed by atoms with van der Waals surface area (Å²) in [6.45, 7) is 11.5. The summed E-state index contributed by atoms with van der Waals surface area (Å²) in [4.78, 5) is 15.5. The molecule has 5 heterocycles. The third-order valence-corrected chi connectivity index (χ3v) is 8.03. The Labute approximate surface area is 176 Å². The molecule has 154 valence electrons. The molecule has 0 aliphatic carbocycles. The van der Waals surface area contributed by atoms with E-state index in [0.717, 1.165) is 35.2 Å². The van der Waals surface area contributed by atoms with Crippen molar-refractivity contribution >= 4 is 40.1 Å². The molecule has 1 aromatic heterocycles. The molecular weight excluding hydrogens is 385 g/mol. The van der Waals surface area contributed by atoms with Gasteiger partial charge in [-0.15, -0.1) is 0 Å². The first-order chi connectivity index (χ1) is 13.7. The average Bonchev–Trinajstić information content (AvgIpc) is 3.20. The number of fused-ring (bicyclic) bond motifs is 4. The highest BCUT2D eigenvalue weighted by Gasteiger charge is 2.51. The summed E-state index contributed by atoms with van der Waals surface area (Å²) in [7, 11) is -0.443. The van der Waals surface area contributed by atoms with Crippen LogP contribution in [-0.4, -0.2) is 59.2 Å². The molecule has 4 saturated heterocycles. The molecule has 0 radical (unpaired) electrons. The Balaban J connectivity index is 1.39. The molecule has 1 N–H and O–H groups in total. The van der Waals surface area contributed by atoms with Gasteiger partial charge >= 0.3 is 7.12 Å². The van der Waals surface area contributed by atoms with E-state index in [0.29, 0.717) is 11.6 Å². The lowest BCUT2D eigenvalue weighted by molar-refractivity contribution is 0.00578. The van der Waals surface area contributed by atoms with Gasteiger partial charge in [-0.1, -0.05) is 12.1 Å². The molecular formula is C21H28BN3O3S. The SMILES string of the molecule is CC1(C)OB(c2ccc3snc(C(=O)N[C@@H]4CN5CCC4CC5)c3c2)OC1(C)C. The van der Waals surface area contributed by atoms with Crippen LogP contribution in [0.2, 0.25) is 0 Å². The third-order valence-electron chi connectivity index (χ3n) is 7.21. The highest BCUT2D eigenvalue weighted by molar-refractivity contribution is 7.13. The quantitative estimate of drug-likeness (QED) is 0.784. The molecule has 1 amide bonds. The van der Waals surface area contributed by atoms with E-state index in [1.807, 2.05) is 45.9 Å². The minimum Gasteiger partial charge on any atom is -0.399 e. The lowest BCUT2D eigenvalue weighted by Gasteiger charge is -2.44. The molecule has 0 unspecified atom stereocenters. The summed E-state index contributed by atoms with van der Waals surface area (Å²) in [6.07, 6.45) is 2.35. The van der Waals surface area contributed by atoms with Crippen molar-refractivity contribution in [2.75, 3.05) is 19.6 Å². The highest BCUT2D eigenvalue weighted by Crippen LogP contribution is 2.37. The van der Waals surface area contributed by atoms with Gasteiger partial charge in [-0.05, 0) is 82.6 Å². The number of hydrogen-bond donors (Lipinski definition) is 1. The number of piperidine rings is 3. The van der Waals surface area contributed by atoms with Crippen LogP contribution in [0, 0.1) is 5.92 Å². The number of benzene rings is 1. The van der Waals surface area contributed by atoms with E-state index in [4.69, 9.17) is 9.31 Å². The number of carbonyl (C=O) groups excluding carboxylic acids is 1. The van der Waals surface area contributed by atoms with Gasteiger partial charge in [0.1, 0.15) is 5.69 Å². The van der Waals surface area contributed by atoms with Crippen molar-refractivity contribution in [1.82, 2.24) is 14.6 Å². The average molecular weight is 413 g/mol. The Kier molecular flexibility index (Phi) is 4.55. The summed E-state index contributed by atoms with van der Waals surface area (Å²) in [5.74, 6) is 0.523. The molecule has 2 bridgehead atoms. The van der Waals surface area contributed by atoms with Crippen molar-refractivity contribution in [2.45, 2.75) is 57.8 Å². The van der Waals surface area contributed by atoms with Gasteiger partial charge < -0.3 is 19.5 Å². The van der Waals surface area contributed by atoms with Crippen LogP contribution < -0.4 is 10.8 Å². The number of rotatable bonds is 3. The Morgan fingerprint density at radius 2 is 1.90 bits per heavy atom. The normalized spacial score (nSPS) is 30.1. The largest absolute Gasteiger partial charge is 0.494 e. The van der Waals surface area contributed by atoms with Crippen LogP contribution in [0.25, 0.3) is 10.1 Å². The summed E-state index contributed by atoms with van der Waals surface area (Å²) in [5.41, 5.74) is 0.651. The summed E-state index contributed by atoms with van der Waals surface area (Å²) >= 11 is 1.37. The van der Waals surface area contributed by atoms with Gasteiger partial charge in [-0.25, -0.2) is 0 Å². The van der Waals surface area contributed by atoms with Crippen LogP contribution >= 0.6 is 11.5 Å². The van der Waals surface area contributed by atoms with E-state index in [9.17, 15) is 4.79 Å². The summed E-state index contributed by atoms with van der Waals surface area (Å²) < 4.78 is 17.9. The first-order valence-electron chi connectivity index (χ1n) is 10.5. The van der Waals surface area contributed by atoms with Crippen LogP contribution in [0.5, 0.6) is 0 Å². The maximum atomic E-state index is 13.1. The van der Waals surface area contributed by atoms with Gasteiger partial charge in [0.2, 0.25) is 0 Å². The van der Waals surface area contributed by atoms with E-state index in [-0.39, 0.29) is 11.9 Å². The molecule has 4 fully saturated rings. The second-order valence-electron chi connectivity index (χ2n) is 9.59. The molecule has 29 heavy (non-hydrogen) atoms. The van der Waals surface area contributed by atoms with E-state index in [1.54, 1.807) is 0 Å². The van der Waals surface area contributed by atoms with Crippen LogP contribution in [-0.2, 0) is 9.31 Å². The fourth-order valence-corrected chi connectivity index (χ4v) is 5.36. The number of nitrogens with one attached hydrogen (secondary N) is 1. The zero-order chi connectivity index (χ0) is 20.4. The predicted molar refractivity (Wildman–Crippen MR) is 116 cm³/mol.